The Balaban J connectivity index is 1.78. The first-order valence-corrected chi connectivity index (χ1v) is 10.2. The van der Waals surface area contributed by atoms with Gasteiger partial charge in [-0.1, -0.05) is 91.0 Å². The van der Waals surface area contributed by atoms with Crippen molar-refractivity contribution in [3.8, 4) is 0 Å². The van der Waals surface area contributed by atoms with Crippen LogP contribution in [0.25, 0.3) is 5.70 Å². The van der Waals surface area contributed by atoms with Gasteiger partial charge in [-0.15, -0.1) is 0 Å². The van der Waals surface area contributed by atoms with Gasteiger partial charge in [0.25, 0.3) is 0 Å². The quantitative estimate of drug-likeness (QED) is 0.628. The zero-order valence-electron chi connectivity index (χ0n) is 17.2. The van der Waals surface area contributed by atoms with Gasteiger partial charge in [0, 0.05) is 12.6 Å². The molecule has 0 spiro atoms. The van der Waals surface area contributed by atoms with E-state index in [0.717, 1.165) is 16.7 Å². The molecule has 1 heterocycles. The Labute approximate surface area is 181 Å². The average Bonchev–Trinajstić information content (AvgIpc) is 2.81. The molecule has 3 aromatic carbocycles. The fourth-order valence-corrected chi connectivity index (χ4v) is 3.87. The molecule has 156 valence electrons. The molecule has 1 aliphatic heterocycles. The van der Waals surface area contributed by atoms with Crippen molar-refractivity contribution in [2.75, 3.05) is 6.61 Å². The highest BCUT2D eigenvalue weighted by Crippen LogP contribution is 2.33. The molecule has 0 saturated carbocycles. The van der Waals surface area contributed by atoms with Crippen molar-refractivity contribution >= 4 is 17.6 Å². The Morgan fingerprint density at radius 3 is 1.97 bits per heavy atom. The van der Waals surface area contributed by atoms with Crippen LogP contribution in [0.15, 0.2) is 97.1 Å². The molecule has 1 atom stereocenters. The van der Waals surface area contributed by atoms with Crippen LogP contribution < -0.4 is 10.6 Å². The molecule has 1 amide bonds. The standard InChI is InChI=1S/C26H24N2O3/c1-19(29)27-23(20-11-5-2-6-12-20)17-24-25(30)31-18-26(28-24,21-13-7-3-8-14-21)22-15-9-4-10-16-22/h2-17,24,28H,18H2,1H3,(H,27,29)/b23-17+/t24-/m1/s1. The van der Waals surface area contributed by atoms with Gasteiger partial charge in [-0.2, -0.15) is 0 Å². The van der Waals surface area contributed by atoms with Crippen molar-refractivity contribution < 1.29 is 14.3 Å². The summed E-state index contributed by atoms with van der Waals surface area (Å²) in [5.41, 5.74) is 2.64. The maximum Gasteiger partial charge on any atom is 0.327 e. The highest BCUT2D eigenvalue weighted by Gasteiger charge is 2.43. The van der Waals surface area contributed by atoms with Crippen molar-refractivity contribution in [1.29, 1.82) is 0 Å². The number of hydrogen-bond acceptors (Lipinski definition) is 4. The molecule has 0 unspecified atom stereocenters. The highest BCUT2D eigenvalue weighted by atomic mass is 16.5. The number of benzene rings is 3. The Kier molecular flexibility index (Phi) is 5.96. The van der Waals surface area contributed by atoms with E-state index in [1.807, 2.05) is 91.0 Å². The van der Waals surface area contributed by atoms with Crippen molar-refractivity contribution in [2.24, 2.45) is 0 Å². The van der Waals surface area contributed by atoms with E-state index in [9.17, 15) is 9.59 Å². The lowest BCUT2D eigenvalue weighted by Crippen LogP contribution is -2.59. The molecular formula is C26H24N2O3. The number of carbonyl (C=O) groups is 2. The zero-order chi connectivity index (χ0) is 21.7. The largest absolute Gasteiger partial charge is 0.462 e. The summed E-state index contributed by atoms with van der Waals surface area (Å²) < 4.78 is 5.70. The molecule has 2 N–H and O–H groups in total. The Hall–Kier alpha value is -3.70. The van der Waals surface area contributed by atoms with Crippen LogP contribution in [0.2, 0.25) is 0 Å². The molecule has 0 bridgehead atoms. The van der Waals surface area contributed by atoms with Crippen LogP contribution in [-0.4, -0.2) is 24.5 Å². The van der Waals surface area contributed by atoms with E-state index in [0.29, 0.717) is 5.70 Å². The minimum Gasteiger partial charge on any atom is -0.462 e. The molecule has 31 heavy (non-hydrogen) atoms. The number of esters is 1. The summed E-state index contributed by atoms with van der Waals surface area (Å²) in [7, 11) is 0. The van der Waals surface area contributed by atoms with Gasteiger partial charge in [0.1, 0.15) is 18.2 Å². The lowest BCUT2D eigenvalue weighted by atomic mass is 9.81. The summed E-state index contributed by atoms with van der Waals surface area (Å²) in [5.74, 6) is -0.599. The summed E-state index contributed by atoms with van der Waals surface area (Å²) in [6, 6.07) is 28.6. The second-order valence-electron chi connectivity index (χ2n) is 7.49. The highest BCUT2D eigenvalue weighted by molar-refractivity contribution is 5.88. The van der Waals surface area contributed by atoms with Crippen LogP contribution in [0.4, 0.5) is 0 Å². The topological polar surface area (TPSA) is 67.4 Å². The van der Waals surface area contributed by atoms with Gasteiger partial charge in [0.05, 0.1) is 0 Å². The molecule has 4 rings (SSSR count). The van der Waals surface area contributed by atoms with E-state index >= 15 is 0 Å². The van der Waals surface area contributed by atoms with Crippen molar-refractivity contribution in [2.45, 2.75) is 18.5 Å². The first kappa shape index (κ1) is 20.6. The second-order valence-corrected chi connectivity index (χ2v) is 7.49. The van der Waals surface area contributed by atoms with Gasteiger partial charge in [-0.05, 0) is 22.8 Å². The number of cyclic esters (lactones) is 1. The van der Waals surface area contributed by atoms with Gasteiger partial charge in [-0.25, -0.2) is 0 Å². The Morgan fingerprint density at radius 2 is 1.45 bits per heavy atom. The molecule has 1 saturated heterocycles. The summed E-state index contributed by atoms with van der Waals surface area (Å²) in [6.07, 6.45) is 1.72. The first-order chi connectivity index (χ1) is 15.1. The molecule has 0 aromatic heterocycles. The number of ether oxygens (including phenoxy) is 1. The van der Waals surface area contributed by atoms with Crippen LogP contribution in [0.5, 0.6) is 0 Å². The van der Waals surface area contributed by atoms with Crippen molar-refractivity contribution in [3.63, 3.8) is 0 Å². The summed E-state index contributed by atoms with van der Waals surface area (Å²) in [5, 5.41) is 6.37. The second kappa shape index (κ2) is 8.98. The molecule has 1 aliphatic rings. The fourth-order valence-electron chi connectivity index (χ4n) is 3.87. The third kappa shape index (κ3) is 4.42. The van der Waals surface area contributed by atoms with E-state index in [4.69, 9.17) is 4.74 Å². The van der Waals surface area contributed by atoms with E-state index in [2.05, 4.69) is 10.6 Å². The predicted molar refractivity (Wildman–Crippen MR) is 120 cm³/mol. The number of nitrogens with one attached hydrogen (secondary N) is 2. The molecule has 5 nitrogen and oxygen atoms in total. The van der Waals surface area contributed by atoms with E-state index in [-0.39, 0.29) is 18.5 Å². The lowest BCUT2D eigenvalue weighted by molar-refractivity contribution is -0.152. The number of rotatable bonds is 5. The third-order valence-electron chi connectivity index (χ3n) is 5.35. The molecule has 3 aromatic rings. The van der Waals surface area contributed by atoms with Crippen LogP contribution >= 0.6 is 0 Å². The maximum atomic E-state index is 12.8. The SMILES string of the molecule is CC(=O)N/C(=C/[C@H]1NC(c2ccccc2)(c2ccccc2)COC1=O)c1ccccc1. The van der Waals surface area contributed by atoms with Crippen LogP contribution in [0.1, 0.15) is 23.6 Å². The minimum absolute atomic E-state index is 0.172. The van der Waals surface area contributed by atoms with E-state index < -0.39 is 11.6 Å². The summed E-state index contributed by atoms with van der Waals surface area (Å²) >= 11 is 0. The maximum absolute atomic E-state index is 12.8. The minimum atomic E-state index is -0.754. The number of carbonyl (C=O) groups excluding carboxylic acids is 2. The van der Waals surface area contributed by atoms with Gasteiger partial charge < -0.3 is 10.1 Å². The van der Waals surface area contributed by atoms with E-state index in [1.54, 1.807) is 6.08 Å². The molecule has 1 fully saturated rings. The van der Waals surface area contributed by atoms with Gasteiger partial charge in [0.15, 0.2) is 0 Å². The van der Waals surface area contributed by atoms with Gasteiger partial charge in [0.2, 0.25) is 5.91 Å². The lowest BCUT2D eigenvalue weighted by Gasteiger charge is -2.41. The van der Waals surface area contributed by atoms with Crippen LogP contribution in [-0.2, 0) is 19.9 Å². The molecule has 0 radical (unpaired) electrons. The van der Waals surface area contributed by atoms with Crippen LogP contribution in [0, 0.1) is 0 Å². The summed E-state index contributed by atoms with van der Waals surface area (Å²) in [6.45, 7) is 1.62. The Bertz CT molecular complexity index is 1040. The van der Waals surface area contributed by atoms with Crippen molar-refractivity contribution in [3.05, 3.63) is 114 Å². The Morgan fingerprint density at radius 1 is 0.935 bits per heavy atom. The van der Waals surface area contributed by atoms with Crippen molar-refractivity contribution in [1.82, 2.24) is 10.6 Å². The van der Waals surface area contributed by atoms with Gasteiger partial charge in [-0.3, -0.25) is 14.9 Å². The zero-order valence-corrected chi connectivity index (χ0v) is 17.2. The fraction of sp³-hybridized carbons (Fsp3) is 0.154. The smallest absolute Gasteiger partial charge is 0.327 e. The average molecular weight is 412 g/mol. The first-order valence-electron chi connectivity index (χ1n) is 10.2. The molecular weight excluding hydrogens is 388 g/mol. The normalized spacial score (nSPS) is 18.2. The van der Waals surface area contributed by atoms with E-state index in [1.165, 1.54) is 6.92 Å². The number of amides is 1. The van der Waals surface area contributed by atoms with Crippen LogP contribution in [0.3, 0.4) is 0 Å². The van der Waals surface area contributed by atoms with Gasteiger partial charge >= 0.3 is 5.97 Å². The predicted octanol–water partition coefficient (Wildman–Crippen LogP) is 3.62. The number of morpholine rings is 1. The third-order valence-corrected chi connectivity index (χ3v) is 5.35. The molecule has 0 aliphatic carbocycles. The summed E-state index contributed by atoms with van der Waals surface area (Å²) in [4.78, 5) is 24.6. The number of hydrogen-bond donors (Lipinski definition) is 2. The molecule has 5 heteroatoms. The monoisotopic (exact) mass is 412 g/mol.